The van der Waals surface area contributed by atoms with Crippen LogP contribution in [0.3, 0.4) is 0 Å². The number of hydrogen-bond donors (Lipinski definition) is 1. The topological polar surface area (TPSA) is 75.7 Å². The minimum absolute atomic E-state index is 0.0498. The van der Waals surface area contributed by atoms with Crippen molar-refractivity contribution in [2.24, 2.45) is 0 Å². The number of esters is 1. The smallest absolute Gasteiger partial charge is 0.340 e. The molecule has 26 heavy (non-hydrogen) atoms. The van der Waals surface area contributed by atoms with Crippen molar-refractivity contribution in [1.82, 2.24) is 0 Å². The van der Waals surface area contributed by atoms with Crippen LogP contribution in [-0.2, 0) is 14.3 Å². The molecule has 0 aliphatic rings. The first-order valence-corrected chi connectivity index (χ1v) is 9.04. The molecule has 0 unspecified atom stereocenters. The van der Waals surface area contributed by atoms with E-state index in [0.29, 0.717) is 17.0 Å². The number of carbonyl (C=O) groups is 3. The zero-order chi connectivity index (χ0) is 19.1. The lowest BCUT2D eigenvalue weighted by atomic mass is 10.2. The summed E-state index contributed by atoms with van der Waals surface area (Å²) in [5.41, 5.74) is 1.17. The second-order valence-corrected chi connectivity index (χ2v) is 7.04. The largest absolute Gasteiger partial charge is 0.465 e. The Morgan fingerprint density at radius 1 is 1.15 bits per heavy atom. The fraction of sp³-hybridized carbons (Fsp3) is 0.316. The van der Waals surface area contributed by atoms with Gasteiger partial charge in [-0.3, -0.25) is 9.59 Å². The third-order valence-corrected chi connectivity index (χ3v) is 4.79. The summed E-state index contributed by atoms with van der Waals surface area (Å²) < 4.78 is 4.72. The number of anilines is 2. The van der Waals surface area contributed by atoms with Gasteiger partial charge in [0.1, 0.15) is 5.00 Å². The lowest BCUT2D eigenvalue weighted by Gasteiger charge is -2.17. The van der Waals surface area contributed by atoms with Crippen molar-refractivity contribution in [2.75, 3.05) is 24.4 Å². The molecule has 1 heterocycles. The zero-order valence-corrected chi connectivity index (χ0v) is 15.9. The Morgan fingerprint density at radius 3 is 2.50 bits per heavy atom. The average Bonchev–Trinajstić information content (AvgIpc) is 3.01. The van der Waals surface area contributed by atoms with Crippen LogP contribution in [-0.4, -0.2) is 31.9 Å². The number of amides is 2. The third kappa shape index (κ3) is 5.16. The summed E-state index contributed by atoms with van der Waals surface area (Å²) in [6.45, 7) is 1.85. The summed E-state index contributed by atoms with van der Waals surface area (Å²) in [6.07, 6.45) is 0.901. The molecule has 0 bridgehead atoms. The maximum Gasteiger partial charge on any atom is 0.340 e. The quantitative estimate of drug-likeness (QED) is 0.751. The van der Waals surface area contributed by atoms with E-state index < -0.39 is 5.97 Å². The van der Waals surface area contributed by atoms with Crippen LogP contribution < -0.4 is 10.2 Å². The van der Waals surface area contributed by atoms with E-state index in [1.807, 2.05) is 37.3 Å². The van der Waals surface area contributed by atoms with Crippen molar-refractivity contribution in [3.8, 4) is 0 Å². The molecule has 2 rings (SSSR count). The van der Waals surface area contributed by atoms with Crippen LogP contribution in [0.4, 0.5) is 10.7 Å². The van der Waals surface area contributed by atoms with Crippen LogP contribution >= 0.6 is 11.3 Å². The number of para-hydroxylation sites is 1. The van der Waals surface area contributed by atoms with Crippen LogP contribution in [0.2, 0.25) is 0 Å². The summed E-state index contributed by atoms with van der Waals surface area (Å²) in [5.74, 6) is -0.761. The molecule has 1 N–H and O–H groups in total. The molecule has 1 aromatic heterocycles. The molecule has 138 valence electrons. The maximum absolute atomic E-state index is 12.2. The predicted molar refractivity (Wildman–Crippen MR) is 103 cm³/mol. The summed E-state index contributed by atoms with van der Waals surface area (Å²) >= 11 is 1.32. The molecule has 2 aromatic rings. The number of nitrogens with zero attached hydrogens (tertiary/aromatic N) is 1. The van der Waals surface area contributed by atoms with Gasteiger partial charge in [0.2, 0.25) is 11.8 Å². The van der Waals surface area contributed by atoms with Crippen LogP contribution in [0.1, 0.15) is 34.5 Å². The summed E-state index contributed by atoms with van der Waals surface area (Å²) in [5, 5.41) is 3.21. The van der Waals surface area contributed by atoms with Gasteiger partial charge in [0.15, 0.2) is 0 Å². The Morgan fingerprint density at radius 2 is 1.85 bits per heavy atom. The first kappa shape index (κ1) is 19.7. The van der Waals surface area contributed by atoms with E-state index in [0.717, 1.165) is 10.6 Å². The Hall–Kier alpha value is -2.67. The standard InChI is InChI=1S/C19H22N2O4S/c1-13-12-15(19(24)25-3)18(26-13)20-16(22)10-7-11-17(23)21(2)14-8-5-4-6-9-14/h4-6,8-9,12H,7,10-11H2,1-3H3,(H,20,22). The molecule has 6 nitrogen and oxygen atoms in total. The Labute approximate surface area is 156 Å². The van der Waals surface area contributed by atoms with E-state index in [-0.39, 0.29) is 24.7 Å². The van der Waals surface area contributed by atoms with Gasteiger partial charge in [0.25, 0.3) is 0 Å². The van der Waals surface area contributed by atoms with Crippen molar-refractivity contribution < 1.29 is 19.1 Å². The number of carbonyl (C=O) groups excluding carboxylic acids is 3. The van der Waals surface area contributed by atoms with Gasteiger partial charge in [-0.2, -0.15) is 0 Å². The van der Waals surface area contributed by atoms with E-state index in [1.54, 1.807) is 18.0 Å². The molecule has 7 heteroatoms. The molecular formula is C19H22N2O4S. The number of hydrogen-bond acceptors (Lipinski definition) is 5. The second kappa shape index (κ2) is 9.15. The average molecular weight is 374 g/mol. The van der Waals surface area contributed by atoms with Gasteiger partial charge in [-0.25, -0.2) is 4.79 Å². The van der Waals surface area contributed by atoms with Gasteiger partial charge in [0, 0.05) is 30.5 Å². The Bertz CT molecular complexity index is 786. The molecule has 0 fully saturated rings. The molecule has 2 amide bonds. The number of aryl methyl sites for hydroxylation is 1. The summed E-state index contributed by atoms with van der Waals surface area (Å²) in [7, 11) is 3.02. The number of nitrogens with one attached hydrogen (secondary N) is 1. The van der Waals surface area contributed by atoms with E-state index in [4.69, 9.17) is 4.74 Å². The molecule has 0 spiro atoms. The minimum Gasteiger partial charge on any atom is -0.465 e. The molecule has 0 saturated heterocycles. The highest BCUT2D eigenvalue weighted by molar-refractivity contribution is 7.16. The second-order valence-electron chi connectivity index (χ2n) is 5.78. The summed E-state index contributed by atoms with van der Waals surface area (Å²) in [4.78, 5) is 38.5. The fourth-order valence-corrected chi connectivity index (χ4v) is 3.34. The fourth-order valence-electron chi connectivity index (χ4n) is 2.42. The summed E-state index contributed by atoms with van der Waals surface area (Å²) in [6, 6.07) is 11.0. The van der Waals surface area contributed by atoms with Gasteiger partial charge in [-0.05, 0) is 31.5 Å². The Kier molecular flexibility index (Phi) is 6.91. The van der Waals surface area contributed by atoms with E-state index >= 15 is 0 Å². The number of ether oxygens (including phenoxy) is 1. The van der Waals surface area contributed by atoms with Crippen molar-refractivity contribution in [3.63, 3.8) is 0 Å². The highest BCUT2D eigenvalue weighted by Crippen LogP contribution is 2.28. The Balaban J connectivity index is 1.84. The van der Waals surface area contributed by atoms with E-state index in [1.165, 1.54) is 18.4 Å². The zero-order valence-electron chi connectivity index (χ0n) is 15.1. The van der Waals surface area contributed by atoms with Crippen LogP contribution in [0, 0.1) is 6.92 Å². The van der Waals surface area contributed by atoms with Gasteiger partial charge in [-0.15, -0.1) is 11.3 Å². The first-order chi connectivity index (χ1) is 12.4. The molecular weight excluding hydrogens is 352 g/mol. The predicted octanol–water partition coefficient (Wildman–Crippen LogP) is 3.61. The third-order valence-electron chi connectivity index (χ3n) is 3.83. The molecule has 0 saturated carbocycles. The normalized spacial score (nSPS) is 10.3. The van der Waals surface area contributed by atoms with Gasteiger partial charge in [0.05, 0.1) is 12.7 Å². The first-order valence-electron chi connectivity index (χ1n) is 8.22. The van der Waals surface area contributed by atoms with Crippen LogP contribution in [0.15, 0.2) is 36.4 Å². The molecule has 0 aliphatic carbocycles. The monoisotopic (exact) mass is 374 g/mol. The van der Waals surface area contributed by atoms with E-state index in [2.05, 4.69) is 5.32 Å². The van der Waals surface area contributed by atoms with Crippen molar-refractivity contribution >= 4 is 39.8 Å². The van der Waals surface area contributed by atoms with Gasteiger partial charge >= 0.3 is 5.97 Å². The number of benzene rings is 1. The van der Waals surface area contributed by atoms with Crippen molar-refractivity contribution in [1.29, 1.82) is 0 Å². The lowest BCUT2D eigenvalue weighted by molar-refractivity contribution is -0.118. The van der Waals surface area contributed by atoms with Gasteiger partial charge < -0.3 is 15.0 Å². The lowest BCUT2D eigenvalue weighted by Crippen LogP contribution is -2.26. The highest BCUT2D eigenvalue weighted by Gasteiger charge is 2.17. The van der Waals surface area contributed by atoms with Crippen LogP contribution in [0.5, 0.6) is 0 Å². The number of thiophene rings is 1. The molecule has 0 aliphatic heterocycles. The van der Waals surface area contributed by atoms with Crippen LogP contribution in [0.25, 0.3) is 0 Å². The number of methoxy groups -OCH3 is 1. The SMILES string of the molecule is COC(=O)c1cc(C)sc1NC(=O)CCCC(=O)N(C)c1ccccc1. The molecule has 0 atom stereocenters. The molecule has 0 radical (unpaired) electrons. The van der Waals surface area contributed by atoms with Crippen molar-refractivity contribution in [2.45, 2.75) is 26.2 Å². The van der Waals surface area contributed by atoms with E-state index in [9.17, 15) is 14.4 Å². The van der Waals surface area contributed by atoms with Crippen molar-refractivity contribution in [3.05, 3.63) is 46.8 Å². The minimum atomic E-state index is -0.482. The maximum atomic E-state index is 12.2. The highest BCUT2D eigenvalue weighted by atomic mass is 32.1. The van der Waals surface area contributed by atoms with Gasteiger partial charge in [-0.1, -0.05) is 18.2 Å². The number of rotatable bonds is 7. The molecule has 1 aromatic carbocycles.